The molecule has 0 saturated carbocycles. The number of esters is 1. The zero-order valence-electron chi connectivity index (χ0n) is 17.5. The molecule has 0 radical (unpaired) electrons. The van der Waals surface area contributed by atoms with Crippen molar-refractivity contribution in [3.05, 3.63) is 88.9 Å². The highest BCUT2D eigenvalue weighted by Crippen LogP contribution is 2.21. The maximum atomic E-state index is 13.1. The van der Waals surface area contributed by atoms with Crippen molar-refractivity contribution in [1.82, 2.24) is 9.13 Å². The number of benzene rings is 3. The van der Waals surface area contributed by atoms with E-state index < -0.39 is 5.97 Å². The number of hydrogen-bond acceptors (Lipinski definition) is 3. The van der Waals surface area contributed by atoms with Crippen LogP contribution in [0.3, 0.4) is 0 Å². The van der Waals surface area contributed by atoms with Crippen molar-refractivity contribution in [1.29, 1.82) is 0 Å². The lowest BCUT2D eigenvalue weighted by Crippen LogP contribution is -2.22. The van der Waals surface area contributed by atoms with E-state index in [0.29, 0.717) is 13.2 Å². The summed E-state index contributed by atoms with van der Waals surface area (Å²) < 4.78 is 8.13. The van der Waals surface area contributed by atoms with Gasteiger partial charge in [-0.25, -0.2) is 9.59 Å². The topological polar surface area (TPSA) is 53.2 Å². The van der Waals surface area contributed by atoms with Gasteiger partial charge in [0.15, 0.2) is 0 Å². The van der Waals surface area contributed by atoms with Gasteiger partial charge in [-0.2, -0.15) is 0 Å². The van der Waals surface area contributed by atoms with Gasteiger partial charge < -0.3 is 4.74 Å². The van der Waals surface area contributed by atoms with Gasteiger partial charge in [0, 0.05) is 12.3 Å². The van der Waals surface area contributed by atoms with Crippen LogP contribution in [0.4, 0.5) is 0 Å². The molecule has 3 aromatic carbocycles. The number of carbonyl (C=O) groups excluding carboxylic acids is 1. The lowest BCUT2D eigenvalue weighted by molar-refractivity contribution is -0.137. The number of para-hydroxylation sites is 2. The molecule has 154 valence electrons. The third-order valence-corrected chi connectivity index (χ3v) is 4.72. The van der Waals surface area contributed by atoms with Gasteiger partial charge in [0.25, 0.3) is 0 Å². The minimum atomic E-state index is -0.472. The van der Waals surface area contributed by atoms with Crippen molar-refractivity contribution in [2.75, 3.05) is 6.61 Å². The van der Waals surface area contributed by atoms with Gasteiger partial charge in [-0.1, -0.05) is 68.4 Å². The number of carbonyl (C=O) groups is 1. The minimum Gasteiger partial charge on any atom is -0.463 e. The fraction of sp³-hybridized carbons (Fsp3) is 0.200. The molecule has 0 saturated heterocycles. The van der Waals surface area contributed by atoms with Crippen LogP contribution in [0.5, 0.6) is 0 Å². The number of imidazole rings is 1. The van der Waals surface area contributed by atoms with Gasteiger partial charge >= 0.3 is 11.7 Å². The van der Waals surface area contributed by atoms with Crippen LogP contribution < -0.4 is 5.69 Å². The Morgan fingerprint density at radius 3 is 2.37 bits per heavy atom. The van der Waals surface area contributed by atoms with Crippen LogP contribution in [0.25, 0.3) is 28.0 Å². The molecule has 0 bridgehead atoms. The number of ether oxygens (including phenoxy) is 1. The molecule has 1 aromatic heterocycles. The maximum absolute atomic E-state index is 13.1. The normalized spacial score (nSPS) is 10.9. The van der Waals surface area contributed by atoms with Crippen molar-refractivity contribution >= 4 is 34.0 Å². The first kappa shape index (κ1) is 21.1. The second-order valence-corrected chi connectivity index (χ2v) is 6.43. The molecular formula is C25H26N2O3. The van der Waals surface area contributed by atoms with E-state index in [1.54, 1.807) is 11.5 Å². The fourth-order valence-electron chi connectivity index (χ4n) is 3.46. The summed E-state index contributed by atoms with van der Waals surface area (Å²) in [4.78, 5) is 24.8. The molecule has 0 amide bonds. The van der Waals surface area contributed by atoms with Gasteiger partial charge in [-0.15, -0.1) is 0 Å². The number of aromatic nitrogens is 2. The number of hydrogen-bond donors (Lipinski definition) is 0. The van der Waals surface area contributed by atoms with Gasteiger partial charge in [0.05, 0.1) is 24.2 Å². The lowest BCUT2D eigenvalue weighted by atomic mass is 10.0. The molecule has 0 aliphatic carbocycles. The zero-order chi connectivity index (χ0) is 21.5. The SMILES string of the molecule is CC.CCOC(=O)/C=C/n1c(=O)n(Cc2cccc3ccccc23)c2ccccc21. The summed E-state index contributed by atoms with van der Waals surface area (Å²) in [6.07, 6.45) is 2.75. The average Bonchev–Trinajstić information content (AvgIpc) is 3.05. The van der Waals surface area contributed by atoms with Crippen molar-refractivity contribution < 1.29 is 9.53 Å². The molecule has 4 rings (SSSR count). The fourth-order valence-corrected chi connectivity index (χ4v) is 3.46. The summed E-state index contributed by atoms with van der Waals surface area (Å²) in [5, 5.41) is 2.26. The average molecular weight is 402 g/mol. The van der Waals surface area contributed by atoms with E-state index in [4.69, 9.17) is 4.74 Å². The van der Waals surface area contributed by atoms with Crippen LogP contribution in [0.2, 0.25) is 0 Å². The third kappa shape index (κ3) is 4.20. The maximum Gasteiger partial charge on any atom is 0.333 e. The van der Waals surface area contributed by atoms with E-state index in [9.17, 15) is 9.59 Å². The molecule has 0 aliphatic rings. The molecule has 0 atom stereocenters. The summed E-state index contributed by atoms with van der Waals surface area (Å²) in [7, 11) is 0. The molecule has 1 heterocycles. The summed E-state index contributed by atoms with van der Waals surface area (Å²) >= 11 is 0. The molecule has 5 nitrogen and oxygen atoms in total. The summed E-state index contributed by atoms with van der Waals surface area (Å²) in [6, 6.07) is 21.8. The first-order valence-electron chi connectivity index (χ1n) is 10.2. The Bertz CT molecular complexity index is 1240. The Morgan fingerprint density at radius 1 is 0.933 bits per heavy atom. The Morgan fingerprint density at radius 2 is 1.60 bits per heavy atom. The molecule has 0 unspecified atom stereocenters. The molecule has 0 spiro atoms. The summed E-state index contributed by atoms with van der Waals surface area (Å²) in [6.45, 7) is 6.48. The molecule has 0 fully saturated rings. The van der Waals surface area contributed by atoms with E-state index >= 15 is 0 Å². The molecular weight excluding hydrogens is 376 g/mol. The Labute approximate surface area is 175 Å². The van der Waals surface area contributed by atoms with Crippen molar-refractivity contribution in [2.24, 2.45) is 0 Å². The van der Waals surface area contributed by atoms with Gasteiger partial charge in [-0.05, 0) is 35.4 Å². The number of rotatable bonds is 5. The zero-order valence-corrected chi connectivity index (χ0v) is 17.5. The van der Waals surface area contributed by atoms with Crippen LogP contribution in [-0.2, 0) is 16.1 Å². The smallest absolute Gasteiger partial charge is 0.333 e. The van der Waals surface area contributed by atoms with Crippen LogP contribution in [-0.4, -0.2) is 21.7 Å². The van der Waals surface area contributed by atoms with Crippen molar-refractivity contribution in [2.45, 2.75) is 27.3 Å². The first-order chi connectivity index (χ1) is 14.7. The third-order valence-electron chi connectivity index (χ3n) is 4.72. The first-order valence-corrected chi connectivity index (χ1v) is 10.2. The summed E-state index contributed by atoms with van der Waals surface area (Å²) in [5.41, 5.74) is 2.43. The largest absolute Gasteiger partial charge is 0.463 e. The van der Waals surface area contributed by atoms with Crippen LogP contribution in [0.15, 0.2) is 77.6 Å². The van der Waals surface area contributed by atoms with Gasteiger partial charge in [0.1, 0.15) is 0 Å². The minimum absolute atomic E-state index is 0.199. The van der Waals surface area contributed by atoms with Gasteiger partial charge in [0.2, 0.25) is 0 Å². The Hall–Kier alpha value is -3.60. The van der Waals surface area contributed by atoms with E-state index in [0.717, 1.165) is 27.4 Å². The molecule has 5 heteroatoms. The van der Waals surface area contributed by atoms with Crippen LogP contribution >= 0.6 is 0 Å². The Balaban J connectivity index is 0.00000124. The van der Waals surface area contributed by atoms with E-state index in [2.05, 4.69) is 18.2 Å². The number of fused-ring (bicyclic) bond motifs is 2. The second-order valence-electron chi connectivity index (χ2n) is 6.43. The van der Waals surface area contributed by atoms with Gasteiger partial charge in [-0.3, -0.25) is 9.13 Å². The van der Waals surface area contributed by atoms with Crippen molar-refractivity contribution in [3.63, 3.8) is 0 Å². The highest BCUT2D eigenvalue weighted by atomic mass is 16.5. The lowest BCUT2D eigenvalue weighted by Gasteiger charge is -2.08. The highest BCUT2D eigenvalue weighted by molar-refractivity contribution is 5.87. The highest BCUT2D eigenvalue weighted by Gasteiger charge is 2.13. The predicted molar refractivity (Wildman–Crippen MR) is 123 cm³/mol. The predicted octanol–water partition coefficient (Wildman–Crippen LogP) is 5.06. The molecule has 30 heavy (non-hydrogen) atoms. The standard InChI is InChI=1S/C23H20N2O3.C2H6/c1-2-28-22(26)14-15-24-20-12-5-6-13-21(20)25(23(24)27)16-18-10-7-9-17-8-3-4-11-19(17)18;1-2/h3-15H,2,16H2,1H3;1-2H3/b15-14+;. The van der Waals surface area contributed by atoms with E-state index in [-0.39, 0.29) is 5.69 Å². The van der Waals surface area contributed by atoms with E-state index in [1.807, 2.05) is 62.4 Å². The number of nitrogens with zero attached hydrogens (tertiary/aromatic N) is 2. The monoisotopic (exact) mass is 402 g/mol. The Kier molecular flexibility index (Phi) is 6.86. The molecule has 0 N–H and O–H groups in total. The second kappa shape index (κ2) is 9.74. The quantitative estimate of drug-likeness (QED) is 0.346. The van der Waals surface area contributed by atoms with Crippen molar-refractivity contribution in [3.8, 4) is 0 Å². The van der Waals surface area contributed by atoms with Crippen LogP contribution in [0, 0.1) is 0 Å². The van der Waals surface area contributed by atoms with E-state index in [1.165, 1.54) is 16.8 Å². The molecule has 0 aliphatic heterocycles. The summed E-state index contributed by atoms with van der Waals surface area (Å²) in [5.74, 6) is -0.472. The van der Waals surface area contributed by atoms with Crippen LogP contribution in [0.1, 0.15) is 26.3 Å². The molecule has 4 aromatic rings.